The molecule has 1 aliphatic heterocycles. The van der Waals surface area contributed by atoms with Gasteiger partial charge in [0.15, 0.2) is 0 Å². The van der Waals surface area contributed by atoms with Gasteiger partial charge in [0.05, 0.1) is 0 Å². The van der Waals surface area contributed by atoms with Gasteiger partial charge in [-0.15, -0.1) is 0 Å². The summed E-state index contributed by atoms with van der Waals surface area (Å²) < 4.78 is 0. The Balaban J connectivity index is 1.88. The van der Waals surface area contributed by atoms with E-state index in [1.54, 1.807) is 0 Å². The molecule has 0 aromatic rings. The van der Waals surface area contributed by atoms with Gasteiger partial charge in [-0.2, -0.15) is 11.8 Å². The molecule has 1 saturated carbocycles. The quantitative estimate of drug-likeness (QED) is 0.800. The molecule has 2 N–H and O–H groups in total. The maximum atomic E-state index is 5.99. The lowest BCUT2D eigenvalue weighted by molar-refractivity contribution is 0.133. The van der Waals surface area contributed by atoms with Crippen LogP contribution >= 0.6 is 11.8 Å². The number of rotatable bonds is 3. The predicted octanol–water partition coefficient (Wildman–Crippen LogP) is 1.94. The van der Waals surface area contributed by atoms with Crippen molar-refractivity contribution < 1.29 is 0 Å². The lowest BCUT2D eigenvalue weighted by Gasteiger charge is -2.40. The molecular formula is C12H24N2S. The Kier molecular flexibility index (Phi) is 4.79. The van der Waals surface area contributed by atoms with Crippen molar-refractivity contribution in [1.29, 1.82) is 0 Å². The normalized spacial score (nSPS) is 27.8. The fourth-order valence-electron chi connectivity index (χ4n) is 3.07. The largest absolute Gasteiger partial charge is 0.329 e. The van der Waals surface area contributed by atoms with Crippen LogP contribution in [0.3, 0.4) is 0 Å². The maximum Gasteiger partial charge on any atom is 0.0247 e. The molecule has 2 aliphatic rings. The Labute approximate surface area is 98.0 Å². The van der Waals surface area contributed by atoms with Gasteiger partial charge in [-0.1, -0.05) is 19.3 Å². The predicted molar refractivity (Wildman–Crippen MR) is 68.3 cm³/mol. The molecule has 1 atom stereocenters. The van der Waals surface area contributed by atoms with Crippen molar-refractivity contribution in [2.24, 2.45) is 11.7 Å². The van der Waals surface area contributed by atoms with Crippen LogP contribution in [-0.4, -0.2) is 42.1 Å². The monoisotopic (exact) mass is 228 g/mol. The molecule has 1 unspecified atom stereocenters. The van der Waals surface area contributed by atoms with Crippen molar-refractivity contribution in [3.05, 3.63) is 0 Å². The van der Waals surface area contributed by atoms with E-state index in [2.05, 4.69) is 16.7 Å². The van der Waals surface area contributed by atoms with Gasteiger partial charge in [-0.25, -0.2) is 0 Å². The lowest BCUT2D eigenvalue weighted by atomic mass is 9.83. The first-order chi connectivity index (χ1) is 7.42. The van der Waals surface area contributed by atoms with Crippen LogP contribution in [0.25, 0.3) is 0 Å². The summed E-state index contributed by atoms with van der Waals surface area (Å²) in [7, 11) is 0. The average molecular weight is 228 g/mol. The SMILES string of the molecule is NCC(C1CCCCC1)N1CCSCC1. The summed E-state index contributed by atoms with van der Waals surface area (Å²) in [5.74, 6) is 3.51. The van der Waals surface area contributed by atoms with Crippen LogP contribution in [0.2, 0.25) is 0 Å². The van der Waals surface area contributed by atoms with Crippen molar-refractivity contribution in [3.8, 4) is 0 Å². The molecule has 88 valence electrons. The molecular weight excluding hydrogens is 204 g/mol. The van der Waals surface area contributed by atoms with E-state index in [1.807, 2.05) is 0 Å². The number of nitrogens with two attached hydrogens (primary N) is 1. The molecule has 0 bridgehead atoms. The highest BCUT2D eigenvalue weighted by atomic mass is 32.2. The van der Waals surface area contributed by atoms with Gasteiger partial charge < -0.3 is 5.73 Å². The number of hydrogen-bond acceptors (Lipinski definition) is 3. The summed E-state index contributed by atoms with van der Waals surface area (Å²) >= 11 is 2.09. The highest BCUT2D eigenvalue weighted by molar-refractivity contribution is 7.99. The highest BCUT2D eigenvalue weighted by Gasteiger charge is 2.28. The van der Waals surface area contributed by atoms with Gasteiger partial charge in [0.25, 0.3) is 0 Å². The van der Waals surface area contributed by atoms with E-state index in [4.69, 9.17) is 5.73 Å². The highest BCUT2D eigenvalue weighted by Crippen LogP contribution is 2.29. The number of nitrogens with zero attached hydrogens (tertiary/aromatic N) is 1. The number of hydrogen-bond donors (Lipinski definition) is 1. The summed E-state index contributed by atoms with van der Waals surface area (Å²) in [4.78, 5) is 2.66. The Morgan fingerprint density at radius 2 is 1.80 bits per heavy atom. The van der Waals surface area contributed by atoms with E-state index < -0.39 is 0 Å². The zero-order chi connectivity index (χ0) is 10.5. The molecule has 0 amide bonds. The Morgan fingerprint density at radius 1 is 1.13 bits per heavy atom. The van der Waals surface area contributed by atoms with E-state index in [0.717, 1.165) is 12.5 Å². The van der Waals surface area contributed by atoms with E-state index >= 15 is 0 Å². The molecule has 2 nitrogen and oxygen atoms in total. The second-order valence-corrected chi connectivity index (χ2v) is 6.07. The standard InChI is InChI=1S/C12H24N2S/c13-10-12(11-4-2-1-3-5-11)14-6-8-15-9-7-14/h11-12H,1-10,13H2. The molecule has 0 aromatic heterocycles. The molecule has 0 spiro atoms. The maximum absolute atomic E-state index is 5.99. The topological polar surface area (TPSA) is 29.3 Å². The third kappa shape index (κ3) is 3.11. The summed E-state index contributed by atoms with van der Waals surface area (Å²) in [6.45, 7) is 3.40. The van der Waals surface area contributed by atoms with Crippen molar-refractivity contribution in [1.82, 2.24) is 4.90 Å². The molecule has 0 aromatic carbocycles. The molecule has 1 aliphatic carbocycles. The first kappa shape index (κ1) is 11.7. The first-order valence-corrected chi connectivity index (χ1v) is 7.59. The molecule has 1 heterocycles. The van der Waals surface area contributed by atoms with Gasteiger partial charge in [-0.05, 0) is 18.8 Å². The minimum absolute atomic E-state index is 0.686. The van der Waals surface area contributed by atoms with Gasteiger partial charge >= 0.3 is 0 Å². The average Bonchev–Trinajstić information content (AvgIpc) is 2.33. The minimum Gasteiger partial charge on any atom is -0.329 e. The Hall–Kier alpha value is 0.270. The summed E-state index contributed by atoms with van der Waals surface area (Å²) in [5, 5.41) is 0. The van der Waals surface area contributed by atoms with Crippen LogP contribution in [-0.2, 0) is 0 Å². The second-order valence-electron chi connectivity index (χ2n) is 4.85. The third-order valence-electron chi connectivity index (χ3n) is 3.95. The van der Waals surface area contributed by atoms with Crippen molar-refractivity contribution in [2.45, 2.75) is 38.1 Å². The van der Waals surface area contributed by atoms with Crippen LogP contribution in [0.1, 0.15) is 32.1 Å². The molecule has 15 heavy (non-hydrogen) atoms. The molecule has 2 fully saturated rings. The lowest BCUT2D eigenvalue weighted by Crippen LogP contribution is -2.49. The molecule has 3 heteroatoms. The summed E-state index contributed by atoms with van der Waals surface area (Å²) in [6.07, 6.45) is 7.16. The van der Waals surface area contributed by atoms with Gasteiger partial charge in [0.2, 0.25) is 0 Å². The van der Waals surface area contributed by atoms with E-state index in [9.17, 15) is 0 Å². The van der Waals surface area contributed by atoms with E-state index in [0.29, 0.717) is 6.04 Å². The zero-order valence-corrected chi connectivity index (χ0v) is 10.5. The van der Waals surface area contributed by atoms with Gasteiger partial charge in [0.1, 0.15) is 0 Å². The minimum atomic E-state index is 0.686. The van der Waals surface area contributed by atoms with Crippen LogP contribution in [0, 0.1) is 5.92 Å². The molecule has 2 rings (SSSR count). The zero-order valence-electron chi connectivity index (χ0n) is 9.66. The summed E-state index contributed by atoms with van der Waals surface area (Å²) in [5.41, 5.74) is 5.99. The molecule has 1 saturated heterocycles. The Morgan fingerprint density at radius 3 is 2.40 bits per heavy atom. The first-order valence-electron chi connectivity index (χ1n) is 6.43. The van der Waals surface area contributed by atoms with Crippen LogP contribution in [0.15, 0.2) is 0 Å². The van der Waals surface area contributed by atoms with Crippen molar-refractivity contribution in [2.75, 3.05) is 31.1 Å². The smallest absolute Gasteiger partial charge is 0.0247 e. The number of thioether (sulfide) groups is 1. The second kappa shape index (κ2) is 6.12. The fraction of sp³-hybridized carbons (Fsp3) is 1.00. The van der Waals surface area contributed by atoms with Crippen LogP contribution in [0.5, 0.6) is 0 Å². The summed E-state index contributed by atoms with van der Waals surface area (Å²) in [6, 6.07) is 0.686. The Bertz CT molecular complexity index is 156. The van der Waals surface area contributed by atoms with E-state index in [-0.39, 0.29) is 0 Å². The van der Waals surface area contributed by atoms with Crippen molar-refractivity contribution in [3.63, 3.8) is 0 Å². The molecule has 0 radical (unpaired) electrons. The van der Waals surface area contributed by atoms with Crippen molar-refractivity contribution >= 4 is 11.8 Å². The van der Waals surface area contributed by atoms with Crippen LogP contribution in [0.4, 0.5) is 0 Å². The van der Waals surface area contributed by atoms with Crippen LogP contribution < -0.4 is 5.73 Å². The fourth-order valence-corrected chi connectivity index (χ4v) is 4.00. The van der Waals surface area contributed by atoms with E-state index in [1.165, 1.54) is 56.7 Å². The third-order valence-corrected chi connectivity index (χ3v) is 4.89. The van der Waals surface area contributed by atoms with Gasteiger partial charge in [0, 0.05) is 37.2 Å². The van der Waals surface area contributed by atoms with Gasteiger partial charge in [-0.3, -0.25) is 4.90 Å².